The van der Waals surface area contributed by atoms with Crippen molar-refractivity contribution in [3.8, 4) is 0 Å². The lowest BCUT2D eigenvalue weighted by Gasteiger charge is -2.20. The third kappa shape index (κ3) is 5.28. The molecule has 2 amide bonds. The summed E-state index contributed by atoms with van der Waals surface area (Å²) in [7, 11) is -3.89. The third-order valence-corrected chi connectivity index (χ3v) is 6.51. The van der Waals surface area contributed by atoms with Crippen molar-refractivity contribution in [2.24, 2.45) is 0 Å². The van der Waals surface area contributed by atoms with E-state index in [0.717, 1.165) is 29.8 Å². The molecular formula is C21H22F3N3O4S. The molecule has 3 rings (SSSR count). The van der Waals surface area contributed by atoms with Crippen LogP contribution in [0.25, 0.3) is 0 Å². The molecule has 0 aromatic heterocycles. The average molecular weight is 469 g/mol. The van der Waals surface area contributed by atoms with Gasteiger partial charge in [-0.25, -0.2) is 13.1 Å². The molecule has 7 nitrogen and oxygen atoms in total. The maximum absolute atomic E-state index is 12.6. The summed E-state index contributed by atoms with van der Waals surface area (Å²) in [6, 6.07) is 8.38. The summed E-state index contributed by atoms with van der Waals surface area (Å²) < 4.78 is 65.2. The number of carbonyl (C=O) groups excluding carboxylic acids is 2. The van der Waals surface area contributed by atoms with Gasteiger partial charge in [-0.15, -0.1) is 0 Å². The minimum Gasteiger partial charge on any atom is -0.326 e. The number of nitrogens with one attached hydrogen (secondary N) is 2. The van der Waals surface area contributed by atoms with Crippen molar-refractivity contribution in [1.29, 1.82) is 0 Å². The van der Waals surface area contributed by atoms with Gasteiger partial charge in [-0.05, 0) is 61.4 Å². The summed E-state index contributed by atoms with van der Waals surface area (Å²) in [5.74, 6) is -0.670. The summed E-state index contributed by atoms with van der Waals surface area (Å²) in [5, 5.41) is 2.42. The molecule has 0 bridgehead atoms. The molecule has 2 aromatic rings. The maximum atomic E-state index is 12.6. The molecule has 2 N–H and O–H groups in total. The monoisotopic (exact) mass is 469 g/mol. The van der Waals surface area contributed by atoms with Crippen LogP contribution in [-0.4, -0.2) is 32.8 Å². The van der Waals surface area contributed by atoms with E-state index in [4.69, 9.17) is 0 Å². The van der Waals surface area contributed by atoms with E-state index in [0.29, 0.717) is 12.1 Å². The van der Waals surface area contributed by atoms with Crippen LogP contribution in [0.2, 0.25) is 0 Å². The van der Waals surface area contributed by atoms with Gasteiger partial charge in [-0.3, -0.25) is 9.59 Å². The van der Waals surface area contributed by atoms with E-state index in [1.54, 1.807) is 11.0 Å². The molecule has 0 fully saturated rings. The Morgan fingerprint density at radius 3 is 2.38 bits per heavy atom. The van der Waals surface area contributed by atoms with Gasteiger partial charge in [-0.1, -0.05) is 0 Å². The molecule has 0 saturated heterocycles. The fraction of sp³-hybridized carbons (Fsp3) is 0.333. The first-order chi connectivity index (χ1) is 14.9. The van der Waals surface area contributed by atoms with Crippen molar-refractivity contribution < 1.29 is 31.2 Å². The van der Waals surface area contributed by atoms with E-state index < -0.39 is 27.7 Å². The number of amides is 2. The molecule has 32 heavy (non-hydrogen) atoms. The van der Waals surface area contributed by atoms with E-state index in [1.807, 2.05) is 6.92 Å². The van der Waals surface area contributed by atoms with E-state index in [9.17, 15) is 31.2 Å². The Bertz CT molecular complexity index is 1130. The van der Waals surface area contributed by atoms with Crippen LogP contribution in [0, 0.1) is 0 Å². The Hall–Kier alpha value is -2.92. The largest absolute Gasteiger partial charge is 0.416 e. The molecule has 11 heteroatoms. The fourth-order valence-corrected chi connectivity index (χ4v) is 4.68. The van der Waals surface area contributed by atoms with Crippen molar-refractivity contribution in [1.82, 2.24) is 4.72 Å². The summed E-state index contributed by atoms with van der Waals surface area (Å²) >= 11 is 0. The molecule has 1 aliphatic heterocycles. The van der Waals surface area contributed by atoms with Crippen LogP contribution < -0.4 is 14.9 Å². The number of hydrogen-bond donors (Lipinski definition) is 2. The molecule has 1 atom stereocenters. The zero-order valence-electron chi connectivity index (χ0n) is 17.4. The van der Waals surface area contributed by atoms with Gasteiger partial charge in [0.05, 0.1) is 10.5 Å². The normalized spacial score (nSPS) is 16.0. The Balaban J connectivity index is 1.57. The zero-order valence-corrected chi connectivity index (χ0v) is 18.2. The smallest absolute Gasteiger partial charge is 0.326 e. The van der Waals surface area contributed by atoms with Crippen LogP contribution in [0.4, 0.5) is 24.5 Å². The second-order valence-corrected chi connectivity index (χ2v) is 9.27. The fourth-order valence-electron chi connectivity index (χ4n) is 3.60. The standard InChI is InChI=1S/C21H22F3N3O4S/c1-13-11-15-12-18(7-8-19(15)27(13)14(2)28)32(30,31)25-10-9-20(29)26-17-5-3-16(4-6-17)21(22,23)24/h3-8,12-13,25H,9-11H2,1-2H3,(H,26,29)/t13-/m0/s1. The molecule has 1 aliphatic rings. The van der Waals surface area contributed by atoms with Gasteiger partial charge < -0.3 is 10.2 Å². The van der Waals surface area contributed by atoms with E-state index in [2.05, 4.69) is 10.0 Å². The van der Waals surface area contributed by atoms with Crippen LogP contribution in [0.15, 0.2) is 47.4 Å². The number of halogens is 3. The van der Waals surface area contributed by atoms with Crippen LogP contribution in [0.3, 0.4) is 0 Å². The number of nitrogens with zero attached hydrogens (tertiary/aromatic N) is 1. The van der Waals surface area contributed by atoms with E-state index >= 15 is 0 Å². The average Bonchev–Trinajstić information content (AvgIpc) is 3.02. The summed E-state index contributed by atoms with van der Waals surface area (Å²) in [4.78, 5) is 25.4. The second-order valence-electron chi connectivity index (χ2n) is 7.50. The SMILES string of the molecule is CC(=O)N1c2ccc(S(=O)(=O)NCCC(=O)Nc3ccc(C(F)(F)F)cc3)cc2C[C@@H]1C. The van der Waals surface area contributed by atoms with Crippen molar-refractivity contribution in [3.63, 3.8) is 0 Å². The number of sulfonamides is 1. The van der Waals surface area contributed by atoms with Crippen molar-refractivity contribution in [3.05, 3.63) is 53.6 Å². The Kier molecular flexibility index (Phi) is 6.61. The Labute approximate surface area is 183 Å². The van der Waals surface area contributed by atoms with Gasteiger partial charge in [0.25, 0.3) is 0 Å². The summed E-state index contributed by atoms with van der Waals surface area (Å²) in [6.45, 7) is 3.14. The minimum atomic E-state index is -4.47. The van der Waals surface area contributed by atoms with Crippen LogP contribution in [-0.2, 0) is 32.2 Å². The van der Waals surface area contributed by atoms with Gasteiger partial charge >= 0.3 is 6.18 Å². The Morgan fingerprint density at radius 1 is 1.12 bits per heavy atom. The molecule has 0 saturated carbocycles. The number of fused-ring (bicyclic) bond motifs is 1. The second kappa shape index (κ2) is 8.91. The number of benzene rings is 2. The number of hydrogen-bond acceptors (Lipinski definition) is 4. The first-order valence-electron chi connectivity index (χ1n) is 9.78. The molecule has 1 heterocycles. The van der Waals surface area contributed by atoms with Crippen molar-refractivity contribution in [2.75, 3.05) is 16.8 Å². The van der Waals surface area contributed by atoms with Crippen LogP contribution in [0.5, 0.6) is 0 Å². The van der Waals surface area contributed by atoms with Gasteiger partial charge in [-0.2, -0.15) is 13.2 Å². The number of anilines is 2. The van der Waals surface area contributed by atoms with Gasteiger partial charge in [0, 0.05) is 37.3 Å². The van der Waals surface area contributed by atoms with E-state index in [-0.39, 0.29) is 35.5 Å². The molecule has 172 valence electrons. The van der Waals surface area contributed by atoms with Gasteiger partial charge in [0.15, 0.2) is 0 Å². The van der Waals surface area contributed by atoms with Gasteiger partial charge in [0.2, 0.25) is 21.8 Å². The highest BCUT2D eigenvalue weighted by atomic mass is 32.2. The summed E-state index contributed by atoms with van der Waals surface area (Å²) in [5.41, 5.74) is 0.766. The quantitative estimate of drug-likeness (QED) is 0.679. The number of carbonyl (C=O) groups is 2. The minimum absolute atomic E-state index is 0.0250. The molecule has 0 unspecified atom stereocenters. The van der Waals surface area contributed by atoms with Gasteiger partial charge in [0.1, 0.15) is 0 Å². The van der Waals surface area contributed by atoms with E-state index in [1.165, 1.54) is 19.1 Å². The zero-order chi connectivity index (χ0) is 23.7. The maximum Gasteiger partial charge on any atom is 0.416 e. The highest BCUT2D eigenvalue weighted by molar-refractivity contribution is 7.89. The lowest BCUT2D eigenvalue weighted by atomic mass is 10.1. The number of rotatable bonds is 6. The predicted octanol–water partition coefficient (Wildman–Crippen LogP) is 3.31. The molecule has 2 aromatic carbocycles. The molecular weight excluding hydrogens is 447 g/mol. The lowest BCUT2D eigenvalue weighted by Crippen LogP contribution is -2.33. The predicted molar refractivity (Wildman–Crippen MR) is 113 cm³/mol. The first-order valence-corrected chi connectivity index (χ1v) is 11.3. The molecule has 0 spiro atoms. The van der Waals surface area contributed by atoms with Crippen molar-refractivity contribution >= 4 is 33.2 Å². The van der Waals surface area contributed by atoms with Crippen LogP contribution >= 0.6 is 0 Å². The van der Waals surface area contributed by atoms with Crippen LogP contribution in [0.1, 0.15) is 31.4 Å². The highest BCUT2D eigenvalue weighted by Crippen LogP contribution is 2.34. The third-order valence-electron chi connectivity index (χ3n) is 5.06. The topological polar surface area (TPSA) is 95.6 Å². The molecule has 0 aliphatic carbocycles. The number of alkyl halides is 3. The summed E-state index contributed by atoms with van der Waals surface area (Å²) in [6.07, 6.45) is -4.14. The van der Waals surface area contributed by atoms with Crippen molar-refractivity contribution in [2.45, 2.75) is 43.8 Å². The first kappa shape index (κ1) is 23.7. The highest BCUT2D eigenvalue weighted by Gasteiger charge is 2.31. The lowest BCUT2D eigenvalue weighted by molar-refractivity contribution is -0.137. The molecule has 0 radical (unpaired) electrons. The Morgan fingerprint density at radius 2 is 1.78 bits per heavy atom.